The molecule has 0 radical (unpaired) electrons. The first kappa shape index (κ1) is 12.6. The molecule has 0 amide bonds. The molecule has 0 saturated heterocycles. The van der Waals surface area contributed by atoms with E-state index in [4.69, 9.17) is 0 Å². The molecule has 1 aliphatic carbocycles. The number of rotatable bonds is 5. The van der Waals surface area contributed by atoms with Crippen molar-refractivity contribution in [2.24, 2.45) is 11.3 Å². The molecule has 0 aromatic heterocycles. The van der Waals surface area contributed by atoms with Crippen molar-refractivity contribution in [2.75, 3.05) is 13.6 Å². The Bertz CT molecular complexity index is 372. The van der Waals surface area contributed by atoms with E-state index in [0.717, 1.165) is 12.5 Å². The summed E-state index contributed by atoms with van der Waals surface area (Å²) in [5, 5.41) is 3.38. The SMILES string of the molecule is CNCC(C)(Cc1cc(C)cc(C)c1)C1CC1. The molecule has 0 aliphatic heterocycles. The van der Waals surface area contributed by atoms with Crippen LogP contribution in [0.3, 0.4) is 0 Å². The first-order valence-electron chi connectivity index (χ1n) is 6.75. The van der Waals surface area contributed by atoms with Gasteiger partial charge in [-0.25, -0.2) is 0 Å². The molecule has 0 heterocycles. The van der Waals surface area contributed by atoms with Crippen LogP contribution in [0.5, 0.6) is 0 Å². The second-order valence-corrected chi connectivity index (χ2v) is 6.13. The summed E-state index contributed by atoms with van der Waals surface area (Å²) in [5.41, 5.74) is 4.73. The van der Waals surface area contributed by atoms with Crippen molar-refractivity contribution in [1.29, 1.82) is 0 Å². The maximum Gasteiger partial charge on any atom is 0.000800 e. The maximum absolute atomic E-state index is 3.38. The molecular formula is C16H25N. The zero-order valence-electron chi connectivity index (χ0n) is 11.6. The van der Waals surface area contributed by atoms with Crippen molar-refractivity contribution in [1.82, 2.24) is 5.32 Å². The second kappa shape index (κ2) is 4.81. The van der Waals surface area contributed by atoms with Gasteiger partial charge in [0.05, 0.1) is 0 Å². The van der Waals surface area contributed by atoms with Gasteiger partial charge in [0, 0.05) is 6.54 Å². The van der Waals surface area contributed by atoms with Crippen LogP contribution in [0.1, 0.15) is 36.5 Å². The van der Waals surface area contributed by atoms with Crippen LogP contribution >= 0.6 is 0 Å². The van der Waals surface area contributed by atoms with Crippen LogP contribution in [-0.2, 0) is 6.42 Å². The fourth-order valence-electron chi connectivity index (χ4n) is 3.17. The molecule has 1 fully saturated rings. The summed E-state index contributed by atoms with van der Waals surface area (Å²) in [4.78, 5) is 0. The summed E-state index contributed by atoms with van der Waals surface area (Å²) < 4.78 is 0. The first-order chi connectivity index (χ1) is 8.03. The fourth-order valence-corrected chi connectivity index (χ4v) is 3.17. The van der Waals surface area contributed by atoms with Gasteiger partial charge >= 0.3 is 0 Å². The molecule has 0 bridgehead atoms. The summed E-state index contributed by atoms with van der Waals surface area (Å²) in [5.74, 6) is 0.927. The predicted octanol–water partition coefficient (Wildman–Crippen LogP) is 3.48. The van der Waals surface area contributed by atoms with Crippen LogP contribution in [0.15, 0.2) is 18.2 Å². The van der Waals surface area contributed by atoms with E-state index in [2.05, 4.69) is 51.3 Å². The van der Waals surface area contributed by atoms with E-state index in [1.165, 1.54) is 36.0 Å². The molecular weight excluding hydrogens is 206 g/mol. The first-order valence-corrected chi connectivity index (χ1v) is 6.75. The van der Waals surface area contributed by atoms with E-state index in [9.17, 15) is 0 Å². The summed E-state index contributed by atoms with van der Waals surface area (Å²) in [6.07, 6.45) is 4.05. The lowest BCUT2D eigenvalue weighted by Gasteiger charge is -2.30. The van der Waals surface area contributed by atoms with E-state index >= 15 is 0 Å². The molecule has 1 heteroatoms. The number of benzene rings is 1. The second-order valence-electron chi connectivity index (χ2n) is 6.13. The Morgan fingerprint density at radius 1 is 1.18 bits per heavy atom. The van der Waals surface area contributed by atoms with E-state index in [-0.39, 0.29) is 0 Å². The highest BCUT2D eigenvalue weighted by Crippen LogP contribution is 2.47. The minimum absolute atomic E-state index is 0.439. The molecule has 1 aromatic carbocycles. The monoisotopic (exact) mass is 231 g/mol. The van der Waals surface area contributed by atoms with E-state index in [0.29, 0.717) is 5.41 Å². The highest BCUT2D eigenvalue weighted by Gasteiger charge is 2.40. The average molecular weight is 231 g/mol. The summed E-state index contributed by atoms with van der Waals surface area (Å²) >= 11 is 0. The molecule has 1 unspecified atom stereocenters. The van der Waals surface area contributed by atoms with Gasteiger partial charge in [-0.2, -0.15) is 0 Å². The normalized spacial score (nSPS) is 19.1. The smallest absolute Gasteiger partial charge is 0.000800 e. The average Bonchev–Trinajstić information content (AvgIpc) is 2.98. The Hall–Kier alpha value is -0.820. The van der Waals surface area contributed by atoms with Gasteiger partial charge < -0.3 is 5.32 Å². The third-order valence-electron chi connectivity index (χ3n) is 4.03. The van der Waals surface area contributed by atoms with Gasteiger partial charge in [0.1, 0.15) is 0 Å². The third kappa shape index (κ3) is 3.10. The summed E-state index contributed by atoms with van der Waals surface area (Å²) in [6, 6.07) is 6.96. The Morgan fingerprint density at radius 2 is 1.76 bits per heavy atom. The molecule has 1 saturated carbocycles. The van der Waals surface area contributed by atoms with Crippen LogP contribution in [-0.4, -0.2) is 13.6 Å². The molecule has 1 aliphatic rings. The lowest BCUT2D eigenvalue weighted by molar-refractivity contribution is 0.263. The molecule has 2 rings (SSSR count). The van der Waals surface area contributed by atoms with Crippen molar-refractivity contribution in [3.8, 4) is 0 Å². The Labute approximate surface area is 106 Å². The lowest BCUT2D eigenvalue weighted by Crippen LogP contribution is -2.33. The minimum Gasteiger partial charge on any atom is -0.319 e. The lowest BCUT2D eigenvalue weighted by atomic mass is 9.78. The minimum atomic E-state index is 0.439. The van der Waals surface area contributed by atoms with Crippen molar-refractivity contribution in [3.63, 3.8) is 0 Å². The standard InChI is InChI=1S/C16H25N/c1-12-7-13(2)9-14(8-12)10-16(3,11-17-4)15-5-6-15/h7-9,15,17H,5-6,10-11H2,1-4H3. The van der Waals surface area contributed by atoms with Crippen LogP contribution in [0, 0.1) is 25.2 Å². The molecule has 17 heavy (non-hydrogen) atoms. The molecule has 0 spiro atoms. The summed E-state index contributed by atoms with van der Waals surface area (Å²) in [7, 11) is 2.07. The van der Waals surface area contributed by atoms with Crippen LogP contribution in [0.2, 0.25) is 0 Å². The Morgan fingerprint density at radius 3 is 2.24 bits per heavy atom. The topological polar surface area (TPSA) is 12.0 Å². The van der Waals surface area contributed by atoms with Gasteiger partial charge in [0.2, 0.25) is 0 Å². The van der Waals surface area contributed by atoms with E-state index < -0.39 is 0 Å². The predicted molar refractivity (Wildman–Crippen MR) is 74.4 cm³/mol. The number of nitrogens with one attached hydrogen (secondary N) is 1. The molecule has 1 nitrogen and oxygen atoms in total. The third-order valence-corrected chi connectivity index (χ3v) is 4.03. The Kier molecular flexibility index (Phi) is 3.58. The largest absolute Gasteiger partial charge is 0.319 e. The Balaban J connectivity index is 2.16. The van der Waals surface area contributed by atoms with Crippen LogP contribution in [0.4, 0.5) is 0 Å². The fraction of sp³-hybridized carbons (Fsp3) is 0.625. The number of aryl methyl sites for hydroxylation is 2. The quantitative estimate of drug-likeness (QED) is 0.818. The number of hydrogen-bond donors (Lipinski definition) is 1. The van der Waals surface area contributed by atoms with Crippen molar-refractivity contribution in [2.45, 2.75) is 40.0 Å². The van der Waals surface area contributed by atoms with Gasteiger partial charge in [-0.1, -0.05) is 36.2 Å². The highest BCUT2D eigenvalue weighted by atomic mass is 14.8. The van der Waals surface area contributed by atoms with Crippen LogP contribution < -0.4 is 5.32 Å². The summed E-state index contributed by atoms with van der Waals surface area (Å²) in [6.45, 7) is 7.97. The van der Waals surface area contributed by atoms with Crippen LogP contribution in [0.25, 0.3) is 0 Å². The van der Waals surface area contributed by atoms with E-state index in [1.807, 2.05) is 0 Å². The number of hydrogen-bond acceptors (Lipinski definition) is 1. The molecule has 94 valence electrons. The van der Waals surface area contributed by atoms with Gasteiger partial charge in [-0.3, -0.25) is 0 Å². The van der Waals surface area contributed by atoms with E-state index in [1.54, 1.807) is 0 Å². The molecule has 1 atom stereocenters. The van der Waals surface area contributed by atoms with Crippen molar-refractivity contribution < 1.29 is 0 Å². The van der Waals surface area contributed by atoms with Gasteiger partial charge in [0.25, 0.3) is 0 Å². The maximum atomic E-state index is 3.38. The highest BCUT2D eigenvalue weighted by molar-refractivity contribution is 5.29. The molecule has 1 aromatic rings. The molecule has 1 N–H and O–H groups in total. The van der Waals surface area contributed by atoms with Crippen molar-refractivity contribution >= 4 is 0 Å². The van der Waals surface area contributed by atoms with Crippen molar-refractivity contribution in [3.05, 3.63) is 34.9 Å². The zero-order valence-corrected chi connectivity index (χ0v) is 11.6. The van der Waals surface area contributed by atoms with Gasteiger partial charge in [0.15, 0.2) is 0 Å². The van der Waals surface area contributed by atoms with Gasteiger partial charge in [-0.05, 0) is 57.1 Å². The van der Waals surface area contributed by atoms with Gasteiger partial charge in [-0.15, -0.1) is 0 Å². The zero-order chi connectivity index (χ0) is 12.5.